The average molecular weight is 822 g/mol. The van der Waals surface area contributed by atoms with E-state index in [1.54, 1.807) is 0 Å². The quantitative estimate of drug-likeness (QED) is 0.107. The second-order valence-corrected chi connectivity index (χ2v) is 20.1. The Morgan fingerprint density at radius 1 is 0.286 bits per heavy atom. The van der Waals surface area contributed by atoms with Crippen molar-refractivity contribution in [3.05, 3.63) is 255 Å². The summed E-state index contributed by atoms with van der Waals surface area (Å²) in [4.78, 5) is 0. The Morgan fingerprint density at radius 3 is 1.52 bits per heavy atom. The molecule has 0 saturated heterocycles. The van der Waals surface area contributed by atoms with Crippen LogP contribution in [0.15, 0.2) is 255 Å². The van der Waals surface area contributed by atoms with E-state index in [2.05, 4.69) is 234 Å². The third-order valence-corrected chi connectivity index (χ3v) is 17.6. The maximum atomic E-state index is 9.38. The molecule has 12 rings (SSSR count). The number of fused-ring (bicyclic) bond motifs is 6. The second kappa shape index (κ2) is 15.2. The maximum absolute atomic E-state index is 9.38. The lowest BCUT2D eigenvalue weighted by Gasteiger charge is -2.34. The standard InChI is InChI=1S/C60H42N2Si/c1-5-19-43(20-6-1)44-21-17-23-47(39-44)61-58-34-16-14-32-54(58)56-42-48(36-38-59(56)61)62-57-33-15-13-31-53(57)55-37-35-46(41-60(55)62)45-22-18-30-52(40-45)63(49-24-7-2-8-25-49,50-26-9-3-10-27-50)51-28-11-4-12-29-51/h1-42H/i15D,31D,33D. The van der Waals surface area contributed by atoms with E-state index in [1.807, 2.05) is 6.07 Å². The predicted molar refractivity (Wildman–Crippen MR) is 270 cm³/mol. The molecule has 0 atom stereocenters. The fraction of sp³-hybridized carbons (Fsp3) is 0. The molecule has 0 amide bonds. The van der Waals surface area contributed by atoms with Crippen molar-refractivity contribution < 1.29 is 4.11 Å². The monoisotopic (exact) mass is 821 g/mol. The SMILES string of the molecule is [2H]c1cc([2H])c2c3ccc(-c4cccc([Si](c5ccccc5)(c5ccccc5)c5ccccc5)c4)cc3n(-c3ccc4c(c3)c3ccccc3n4-c3cccc(-c4ccccc4)c3)c2c1[2H]. The van der Waals surface area contributed by atoms with Gasteiger partial charge < -0.3 is 9.13 Å². The second-order valence-electron chi connectivity index (χ2n) is 16.2. The zero-order valence-corrected chi connectivity index (χ0v) is 35.4. The van der Waals surface area contributed by atoms with Gasteiger partial charge in [0.1, 0.15) is 0 Å². The van der Waals surface area contributed by atoms with Gasteiger partial charge in [-0.1, -0.05) is 206 Å². The highest BCUT2D eigenvalue weighted by Crippen LogP contribution is 2.38. The van der Waals surface area contributed by atoms with E-state index >= 15 is 0 Å². The molecule has 0 N–H and O–H groups in total. The molecule has 3 heteroatoms. The Balaban J connectivity index is 1.08. The highest BCUT2D eigenvalue weighted by molar-refractivity contribution is 7.19. The molecule has 2 heterocycles. The molecule has 12 aromatic rings. The molecule has 10 aromatic carbocycles. The van der Waals surface area contributed by atoms with Gasteiger partial charge in [0.05, 0.1) is 26.2 Å². The van der Waals surface area contributed by atoms with Gasteiger partial charge in [0.15, 0.2) is 8.07 Å². The predicted octanol–water partition coefficient (Wildman–Crippen LogP) is 12.6. The summed E-state index contributed by atoms with van der Waals surface area (Å²) in [6.45, 7) is 0. The van der Waals surface area contributed by atoms with Crippen molar-refractivity contribution >= 4 is 72.4 Å². The highest BCUT2D eigenvalue weighted by Gasteiger charge is 2.41. The van der Waals surface area contributed by atoms with Crippen molar-refractivity contribution in [1.82, 2.24) is 9.13 Å². The van der Waals surface area contributed by atoms with Gasteiger partial charge in [0.2, 0.25) is 0 Å². The Morgan fingerprint density at radius 2 is 0.810 bits per heavy atom. The first kappa shape index (κ1) is 33.7. The lowest BCUT2D eigenvalue weighted by atomic mass is 10.0. The van der Waals surface area contributed by atoms with Gasteiger partial charge in [0, 0.05) is 32.9 Å². The molecule has 0 aliphatic carbocycles. The van der Waals surface area contributed by atoms with Crippen molar-refractivity contribution in [1.29, 1.82) is 0 Å². The fourth-order valence-electron chi connectivity index (χ4n) is 10.0. The van der Waals surface area contributed by atoms with Crippen molar-refractivity contribution in [2.45, 2.75) is 0 Å². The molecule has 0 radical (unpaired) electrons. The van der Waals surface area contributed by atoms with Gasteiger partial charge in [-0.05, 0) is 91.5 Å². The normalized spacial score (nSPS) is 12.5. The van der Waals surface area contributed by atoms with Gasteiger partial charge in [-0.25, -0.2) is 0 Å². The Bertz CT molecular complexity index is 3690. The van der Waals surface area contributed by atoms with Crippen LogP contribution >= 0.6 is 0 Å². The number of rotatable bonds is 8. The minimum atomic E-state index is -2.80. The van der Waals surface area contributed by atoms with E-state index in [1.165, 1.54) is 32.4 Å². The summed E-state index contributed by atoms with van der Waals surface area (Å²) in [6.07, 6.45) is 0. The Hall–Kier alpha value is -7.98. The summed E-state index contributed by atoms with van der Waals surface area (Å²) in [5.41, 5.74) is 10.00. The van der Waals surface area contributed by atoms with Gasteiger partial charge in [-0.15, -0.1) is 0 Å². The number of benzene rings is 10. The van der Waals surface area contributed by atoms with Crippen LogP contribution in [-0.4, -0.2) is 17.2 Å². The summed E-state index contributed by atoms with van der Waals surface area (Å²) < 4.78 is 31.9. The van der Waals surface area contributed by atoms with Crippen LogP contribution in [0.3, 0.4) is 0 Å². The minimum Gasteiger partial charge on any atom is -0.309 e. The lowest BCUT2D eigenvalue weighted by Crippen LogP contribution is -2.74. The fourth-order valence-corrected chi connectivity index (χ4v) is 14.8. The zero-order valence-electron chi connectivity index (χ0n) is 37.4. The van der Waals surface area contributed by atoms with Crippen LogP contribution in [-0.2, 0) is 0 Å². The molecule has 0 aliphatic rings. The van der Waals surface area contributed by atoms with E-state index in [0.717, 1.165) is 60.8 Å². The summed E-state index contributed by atoms with van der Waals surface area (Å²) in [6, 6.07) is 84.6. The minimum absolute atomic E-state index is 0.0319. The van der Waals surface area contributed by atoms with Gasteiger partial charge in [-0.3, -0.25) is 0 Å². The molecule has 0 unspecified atom stereocenters. The number of para-hydroxylation sites is 2. The molecule has 296 valence electrons. The molecular weight excluding hydrogens is 777 g/mol. The summed E-state index contributed by atoms with van der Waals surface area (Å²) in [5.74, 6) is 0. The van der Waals surface area contributed by atoms with Crippen LogP contribution < -0.4 is 20.7 Å². The van der Waals surface area contributed by atoms with Crippen molar-refractivity contribution in [2.24, 2.45) is 0 Å². The molecule has 0 bridgehead atoms. The van der Waals surface area contributed by atoms with Crippen LogP contribution in [0.25, 0.3) is 77.2 Å². The number of nitrogens with zero attached hydrogens (tertiary/aromatic N) is 2. The molecule has 0 fully saturated rings. The van der Waals surface area contributed by atoms with Crippen molar-refractivity contribution in [3.8, 4) is 33.6 Å². The first-order valence-corrected chi connectivity index (χ1v) is 23.5. The van der Waals surface area contributed by atoms with E-state index in [4.69, 9.17) is 1.37 Å². The van der Waals surface area contributed by atoms with Gasteiger partial charge in [-0.2, -0.15) is 0 Å². The highest BCUT2D eigenvalue weighted by atomic mass is 28.3. The van der Waals surface area contributed by atoms with Crippen LogP contribution in [0.4, 0.5) is 0 Å². The lowest BCUT2D eigenvalue weighted by molar-refractivity contribution is 1.17. The van der Waals surface area contributed by atoms with Crippen LogP contribution in [0, 0.1) is 0 Å². The maximum Gasteiger partial charge on any atom is 0.179 e. The summed E-state index contributed by atoms with van der Waals surface area (Å²) >= 11 is 0. The number of aromatic nitrogens is 2. The van der Waals surface area contributed by atoms with Gasteiger partial charge >= 0.3 is 0 Å². The van der Waals surface area contributed by atoms with E-state index in [9.17, 15) is 2.74 Å². The van der Waals surface area contributed by atoms with E-state index < -0.39 is 8.07 Å². The Labute approximate surface area is 372 Å². The molecule has 2 nitrogen and oxygen atoms in total. The molecule has 2 aromatic heterocycles. The zero-order chi connectivity index (χ0) is 44.4. The molecule has 63 heavy (non-hydrogen) atoms. The topological polar surface area (TPSA) is 9.86 Å². The Kier molecular flexibility index (Phi) is 8.12. The van der Waals surface area contributed by atoms with Gasteiger partial charge in [0.25, 0.3) is 0 Å². The molecule has 0 spiro atoms. The first-order valence-electron chi connectivity index (χ1n) is 23.0. The third-order valence-electron chi connectivity index (χ3n) is 12.8. The number of hydrogen-bond acceptors (Lipinski definition) is 0. The molecule has 0 aliphatic heterocycles. The average Bonchev–Trinajstić information content (AvgIpc) is 3.90. The van der Waals surface area contributed by atoms with Crippen LogP contribution in [0.5, 0.6) is 0 Å². The molecule has 0 saturated carbocycles. The van der Waals surface area contributed by atoms with E-state index in [-0.39, 0.29) is 18.1 Å². The summed E-state index contributed by atoms with van der Waals surface area (Å²) in [7, 11) is -2.80. The van der Waals surface area contributed by atoms with Crippen LogP contribution in [0.1, 0.15) is 4.11 Å². The first-order chi connectivity index (χ1) is 32.5. The largest absolute Gasteiger partial charge is 0.309 e. The summed E-state index contributed by atoms with van der Waals surface area (Å²) in [5, 5.41) is 8.97. The smallest absolute Gasteiger partial charge is 0.179 e. The number of hydrogen-bond donors (Lipinski definition) is 0. The van der Waals surface area contributed by atoms with Crippen LogP contribution in [0.2, 0.25) is 0 Å². The third kappa shape index (κ3) is 6.00. The van der Waals surface area contributed by atoms with Crippen molar-refractivity contribution in [3.63, 3.8) is 0 Å². The molecular formula is C60H42N2Si. The van der Waals surface area contributed by atoms with E-state index in [0.29, 0.717) is 10.9 Å². The van der Waals surface area contributed by atoms with Crippen molar-refractivity contribution in [2.75, 3.05) is 0 Å².